The van der Waals surface area contributed by atoms with Gasteiger partial charge in [0, 0.05) is 38.2 Å². The molecular weight excluding hydrogens is 360 g/mol. The SMILES string of the molecule is CCc1ccc(C2CCC(C(=O)N3CCSCC3)CN2C(=O)COC)cc1. The Morgan fingerprint density at radius 2 is 1.85 bits per heavy atom. The fraction of sp³-hybridized carbons (Fsp3) is 0.619. The number of aryl methyl sites for hydroxylation is 1. The lowest BCUT2D eigenvalue weighted by molar-refractivity contribution is -0.145. The van der Waals surface area contributed by atoms with E-state index in [1.54, 1.807) is 7.11 Å². The molecule has 1 aromatic rings. The maximum Gasteiger partial charge on any atom is 0.249 e. The van der Waals surface area contributed by atoms with Gasteiger partial charge < -0.3 is 14.5 Å². The highest BCUT2D eigenvalue weighted by atomic mass is 32.2. The third kappa shape index (κ3) is 4.85. The van der Waals surface area contributed by atoms with Crippen LogP contribution >= 0.6 is 11.8 Å². The van der Waals surface area contributed by atoms with Gasteiger partial charge in [0.1, 0.15) is 6.61 Å². The largest absolute Gasteiger partial charge is 0.375 e. The standard InChI is InChI=1S/C21H30N2O3S/c1-3-16-4-6-17(7-5-16)19-9-8-18(14-23(19)20(24)15-26-2)21(25)22-10-12-27-13-11-22/h4-7,18-19H,3,8-15H2,1-2H3. The van der Waals surface area contributed by atoms with Crippen LogP contribution in [0.15, 0.2) is 24.3 Å². The number of piperidine rings is 1. The first-order valence-electron chi connectivity index (χ1n) is 9.87. The minimum Gasteiger partial charge on any atom is -0.375 e. The molecule has 2 aliphatic rings. The summed E-state index contributed by atoms with van der Waals surface area (Å²) in [7, 11) is 1.54. The third-order valence-electron chi connectivity index (χ3n) is 5.61. The summed E-state index contributed by atoms with van der Waals surface area (Å²) in [4.78, 5) is 29.5. The number of benzene rings is 1. The summed E-state index contributed by atoms with van der Waals surface area (Å²) in [6.45, 7) is 4.34. The Bertz CT molecular complexity index is 643. The fourth-order valence-corrected chi connectivity index (χ4v) is 4.92. The van der Waals surface area contributed by atoms with Crippen LogP contribution in [0.4, 0.5) is 0 Å². The molecule has 0 saturated carbocycles. The number of nitrogens with zero attached hydrogens (tertiary/aromatic N) is 2. The van der Waals surface area contributed by atoms with Crippen LogP contribution in [0.2, 0.25) is 0 Å². The van der Waals surface area contributed by atoms with Gasteiger partial charge in [0.25, 0.3) is 0 Å². The van der Waals surface area contributed by atoms with E-state index in [0.29, 0.717) is 6.54 Å². The van der Waals surface area contributed by atoms with Crippen LogP contribution in [-0.4, -0.2) is 66.5 Å². The summed E-state index contributed by atoms with van der Waals surface area (Å²) in [5.41, 5.74) is 2.44. The highest BCUT2D eigenvalue weighted by Gasteiger charge is 2.37. The second kappa shape index (κ2) is 9.60. The normalized spacial score (nSPS) is 23.3. The van der Waals surface area contributed by atoms with Crippen LogP contribution in [0.25, 0.3) is 0 Å². The van der Waals surface area contributed by atoms with Crippen LogP contribution in [0.3, 0.4) is 0 Å². The zero-order valence-electron chi connectivity index (χ0n) is 16.4. The van der Waals surface area contributed by atoms with E-state index in [0.717, 1.165) is 49.4 Å². The van der Waals surface area contributed by atoms with E-state index in [1.165, 1.54) is 5.56 Å². The number of methoxy groups -OCH3 is 1. The zero-order chi connectivity index (χ0) is 19.2. The molecule has 0 bridgehead atoms. The first-order valence-corrected chi connectivity index (χ1v) is 11.0. The molecule has 2 unspecified atom stereocenters. The molecule has 2 aliphatic heterocycles. The molecule has 0 spiro atoms. The van der Waals surface area contributed by atoms with Crippen molar-refractivity contribution in [2.75, 3.05) is 44.9 Å². The minimum atomic E-state index is -0.0972. The molecule has 2 amide bonds. The first kappa shape index (κ1) is 20.2. The van der Waals surface area contributed by atoms with E-state index in [1.807, 2.05) is 21.6 Å². The minimum absolute atomic E-state index is 0.0273. The van der Waals surface area contributed by atoms with Crippen molar-refractivity contribution in [1.29, 1.82) is 0 Å². The monoisotopic (exact) mass is 390 g/mol. The van der Waals surface area contributed by atoms with Crippen molar-refractivity contribution in [3.05, 3.63) is 35.4 Å². The summed E-state index contributed by atoms with van der Waals surface area (Å²) in [6.07, 6.45) is 2.65. The Morgan fingerprint density at radius 1 is 1.15 bits per heavy atom. The van der Waals surface area contributed by atoms with Crippen LogP contribution in [0.5, 0.6) is 0 Å². The number of carbonyl (C=O) groups excluding carboxylic acids is 2. The predicted molar refractivity (Wildman–Crippen MR) is 109 cm³/mol. The lowest BCUT2D eigenvalue weighted by Gasteiger charge is -2.41. The average Bonchev–Trinajstić information content (AvgIpc) is 2.73. The first-order chi connectivity index (χ1) is 13.1. The number of carbonyl (C=O) groups is 2. The lowest BCUT2D eigenvalue weighted by atomic mass is 9.87. The number of ether oxygens (including phenoxy) is 1. The van der Waals surface area contributed by atoms with E-state index in [-0.39, 0.29) is 30.4 Å². The second-order valence-corrected chi connectivity index (χ2v) is 8.53. The number of rotatable bonds is 5. The third-order valence-corrected chi connectivity index (χ3v) is 6.56. The highest BCUT2D eigenvalue weighted by molar-refractivity contribution is 7.99. The molecule has 0 aliphatic carbocycles. The quantitative estimate of drug-likeness (QED) is 0.776. The van der Waals surface area contributed by atoms with Gasteiger partial charge >= 0.3 is 0 Å². The fourth-order valence-electron chi connectivity index (χ4n) is 4.02. The molecule has 2 atom stereocenters. The Hall–Kier alpha value is -1.53. The second-order valence-electron chi connectivity index (χ2n) is 7.30. The lowest BCUT2D eigenvalue weighted by Crippen LogP contribution is -2.50. The van der Waals surface area contributed by atoms with Gasteiger partial charge in [-0.05, 0) is 30.4 Å². The molecule has 2 saturated heterocycles. The molecule has 148 valence electrons. The van der Waals surface area contributed by atoms with Crippen molar-refractivity contribution in [3.8, 4) is 0 Å². The molecule has 5 nitrogen and oxygen atoms in total. The molecule has 6 heteroatoms. The van der Waals surface area contributed by atoms with Crippen molar-refractivity contribution in [2.45, 2.75) is 32.2 Å². The number of thioether (sulfide) groups is 1. The summed E-state index contributed by atoms with van der Waals surface area (Å²) in [5.74, 6) is 2.10. The van der Waals surface area contributed by atoms with Crippen LogP contribution in [0.1, 0.15) is 36.9 Å². The van der Waals surface area contributed by atoms with Gasteiger partial charge in [-0.1, -0.05) is 31.2 Å². The van der Waals surface area contributed by atoms with Gasteiger partial charge in [0.15, 0.2) is 0 Å². The Balaban J connectivity index is 1.75. The average molecular weight is 391 g/mol. The molecule has 27 heavy (non-hydrogen) atoms. The van der Waals surface area contributed by atoms with Gasteiger partial charge in [-0.15, -0.1) is 0 Å². The van der Waals surface area contributed by atoms with Crippen molar-refractivity contribution in [1.82, 2.24) is 9.80 Å². The van der Waals surface area contributed by atoms with Gasteiger partial charge in [-0.25, -0.2) is 0 Å². The zero-order valence-corrected chi connectivity index (χ0v) is 17.2. The molecule has 1 aromatic carbocycles. The van der Waals surface area contributed by atoms with Crippen LogP contribution < -0.4 is 0 Å². The van der Waals surface area contributed by atoms with E-state index in [9.17, 15) is 9.59 Å². The Labute approximate surface area is 166 Å². The van der Waals surface area contributed by atoms with E-state index < -0.39 is 0 Å². The number of amides is 2. The smallest absolute Gasteiger partial charge is 0.249 e. The Kier molecular flexibility index (Phi) is 7.19. The van der Waals surface area contributed by atoms with E-state index in [4.69, 9.17) is 4.74 Å². The van der Waals surface area contributed by atoms with Crippen molar-refractivity contribution in [3.63, 3.8) is 0 Å². The van der Waals surface area contributed by atoms with Crippen molar-refractivity contribution >= 4 is 23.6 Å². The summed E-state index contributed by atoms with van der Waals surface area (Å²) in [5, 5.41) is 0. The van der Waals surface area contributed by atoms with Crippen LogP contribution in [0, 0.1) is 5.92 Å². The van der Waals surface area contributed by atoms with E-state index in [2.05, 4.69) is 31.2 Å². The molecule has 0 radical (unpaired) electrons. The van der Waals surface area contributed by atoms with Gasteiger partial charge in [0.2, 0.25) is 11.8 Å². The Morgan fingerprint density at radius 3 is 2.48 bits per heavy atom. The summed E-state index contributed by atoms with van der Waals surface area (Å²) < 4.78 is 5.10. The highest BCUT2D eigenvalue weighted by Crippen LogP contribution is 2.34. The summed E-state index contributed by atoms with van der Waals surface area (Å²) in [6, 6.07) is 8.55. The van der Waals surface area contributed by atoms with Crippen molar-refractivity contribution < 1.29 is 14.3 Å². The molecule has 0 aromatic heterocycles. The molecular formula is C21H30N2O3S. The van der Waals surface area contributed by atoms with Crippen molar-refractivity contribution in [2.24, 2.45) is 5.92 Å². The number of hydrogen-bond donors (Lipinski definition) is 0. The topological polar surface area (TPSA) is 49.9 Å². The summed E-state index contributed by atoms with van der Waals surface area (Å²) >= 11 is 1.90. The maximum absolute atomic E-state index is 13.0. The molecule has 2 heterocycles. The van der Waals surface area contributed by atoms with Gasteiger partial charge in [-0.2, -0.15) is 11.8 Å². The molecule has 2 fully saturated rings. The van der Waals surface area contributed by atoms with Gasteiger partial charge in [-0.3, -0.25) is 9.59 Å². The predicted octanol–water partition coefficient (Wildman–Crippen LogP) is 2.75. The van der Waals surface area contributed by atoms with E-state index >= 15 is 0 Å². The van der Waals surface area contributed by atoms with Crippen LogP contribution in [-0.2, 0) is 20.7 Å². The maximum atomic E-state index is 13.0. The number of likely N-dealkylation sites (tertiary alicyclic amines) is 1. The number of hydrogen-bond acceptors (Lipinski definition) is 4. The molecule has 0 N–H and O–H groups in total. The molecule has 3 rings (SSSR count). The van der Waals surface area contributed by atoms with Gasteiger partial charge in [0.05, 0.1) is 12.0 Å².